The zero-order valence-corrected chi connectivity index (χ0v) is 14.9. The quantitative estimate of drug-likeness (QED) is 0.645. The van der Waals surface area contributed by atoms with Gasteiger partial charge in [-0.05, 0) is 50.6 Å². The molecule has 0 saturated heterocycles. The maximum atomic E-state index is 4.22. The maximum Gasteiger partial charge on any atom is 0.0201 e. The Morgan fingerprint density at radius 2 is 1.05 bits per heavy atom. The fourth-order valence-electron chi connectivity index (χ4n) is 4.11. The summed E-state index contributed by atoms with van der Waals surface area (Å²) in [5.74, 6) is 0. The van der Waals surface area contributed by atoms with E-state index in [4.69, 9.17) is 0 Å². The van der Waals surface area contributed by atoms with E-state index in [2.05, 4.69) is 46.7 Å². The lowest BCUT2D eigenvalue weighted by molar-refractivity contribution is 0.262. The zero-order valence-electron chi connectivity index (χ0n) is 14.1. The first kappa shape index (κ1) is 17.1. The van der Waals surface area contributed by atoms with E-state index >= 15 is 0 Å². The van der Waals surface area contributed by atoms with Crippen LogP contribution in [0.5, 0.6) is 0 Å². The summed E-state index contributed by atoms with van der Waals surface area (Å²) in [7, 11) is 3.39. The first-order chi connectivity index (χ1) is 10.2. The van der Waals surface area contributed by atoms with Gasteiger partial charge in [0.2, 0.25) is 0 Å². The number of hydrogen-bond acceptors (Lipinski definition) is 2. The van der Waals surface area contributed by atoms with Crippen molar-refractivity contribution in [2.24, 2.45) is 0 Å². The second-order valence-corrected chi connectivity index (χ2v) is 9.75. The monoisotopic (exact) mass is 310 g/mol. The first-order valence-corrected chi connectivity index (χ1v) is 10.4. The summed E-state index contributed by atoms with van der Waals surface area (Å²) in [4.78, 5) is 0. The fraction of sp³-hybridized carbons (Fsp3) is 0.778. The minimum atomic E-state index is -1.23. The van der Waals surface area contributed by atoms with Crippen LogP contribution in [-0.2, 0) is 0 Å². The van der Waals surface area contributed by atoms with Gasteiger partial charge in [-0.25, -0.2) is 8.61 Å². The van der Waals surface area contributed by atoms with Gasteiger partial charge in [-0.2, -0.15) is 0 Å². The van der Waals surface area contributed by atoms with E-state index in [0.717, 1.165) is 0 Å². The maximum absolute atomic E-state index is 4.22. The van der Waals surface area contributed by atoms with Crippen molar-refractivity contribution >= 4 is 10.4 Å². The Morgan fingerprint density at radius 3 is 1.33 bits per heavy atom. The normalized spacial score (nSPS) is 23.4. The van der Waals surface area contributed by atoms with Gasteiger partial charge in [0.15, 0.2) is 0 Å². The number of hydrogen-bond donors (Lipinski definition) is 0. The molecule has 3 heteroatoms. The third-order valence-electron chi connectivity index (χ3n) is 5.59. The molecule has 0 N–H and O–H groups in total. The predicted octanol–water partition coefficient (Wildman–Crippen LogP) is 5.44. The lowest BCUT2D eigenvalue weighted by atomic mass is 9.96. The topological polar surface area (TPSA) is 6.48 Å². The molecule has 2 nitrogen and oxygen atoms in total. The molecule has 0 aliphatic heterocycles. The van der Waals surface area contributed by atoms with Gasteiger partial charge in [-0.15, -0.1) is 0 Å². The summed E-state index contributed by atoms with van der Waals surface area (Å²) in [5.41, 5.74) is 0. The van der Waals surface area contributed by atoms with Crippen LogP contribution in [0.4, 0.5) is 0 Å². The third-order valence-corrected chi connectivity index (χ3v) is 9.01. The van der Waals surface area contributed by atoms with Crippen LogP contribution in [0.2, 0.25) is 0 Å². The highest BCUT2D eigenvalue weighted by Gasteiger charge is 2.36. The Kier molecular flexibility index (Phi) is 6.39. The Labute approximate surface area is 133 Å². The summed E-state index contributed by atoms with van der Waals surface area (Å²) in [5, 5.41) is 4.40. The minimum absolute atomic E-state index is 0.704. The van der Waals surface area contributed by atoms with Crippen LogP contribution in [-0.4, -0.2) is 34.8 Å². The van der Waals surface area contributed by atoms with E-state index in [9.17, 15) is 0 Å². The van der Waals surface area contributed by atoms with Gasteiger partial charge in [0.25, 0.3) is 0 Å². The third kappa shape index (κ3) is 3.57. The van der Waals surface area contributed by atoms with Crippen molar-refractivity contribution in [1.82, 2.24) is 8.61 Å². The molecule has 0 aromatic rings. The van der Waals surface area contributed by atoms with Crippen molar-refractivity contribution in [1.29, 1.82) is 0 Å². The highest BCUT2D eigenvalue weighted by Crippen LogP contribution is 2.59. The molecule has 2 saturated carbocycles. The standard InChI is InChI=1S/C18H34N2S/c1-5-21(6-2,19(3)17-13-9-7-10-14-17)20(4)18-15-11-8-12-16-18/h5-6,17-18H,1-2,7-16H2,3-4H3. The molecule has 0 aromatic carbocycles. The van der Waals surface area contributed by atoms with E-state index in [1.165, 1.54) is 64.2 Å². The van der Waals surface area contributed by atoms with Crippen LogP contribution in [0.25, 0.3) is 0 Å². The summed E-state index contributed by atoms with van der Waals surface area (Å²) in [6.45, 7) is 8.44. The van der Waals surface area contributed by atoms with Crippen LogP contribution in [0.1, 0.15) is 64.2 Å². The Balaban J connectivity index is 2.16. The minimum Gasteiger partial charge on any atom is -0.250 e. The molecule has 2 rings (SSSR count). The molecular weight excluding hydrogens is 276 g/mol. The van der Waals surface area contributed by atoms with Crippen molar-refractivity contribution in [3.05, 3.63) is 24.0 Å². The molecule has 21 heavy (non-hydrogen) atoms. The Bertz CT molecular complexity index is 309. The molecule has 0 radical (unpaired) electrons. The van der Waals surface area contributed by atoms with Crippen LogP contribution >= 0.6 is 10.4 Å². The molecule has 0 unspecified atom stereocenters. The molecule has 122 valence electrons. The molecule has 0 amide bonds. The van der Waals surface area contributed by atoms with Crippen molar-refractivity contribution < 1.29 is 0 Å². The smallest absolute Gasteiger partial charge is 0.0201 e. The summed E-state index contributed by atoms with van der Waals surface area (Å²) < 4.78 is 5.25. The van der Waals surface area contributed by atoms with Crippen molar-refractivity contribution in [3.63, 3.8) is 0 Å². The van der Waals surface area contributed by atoms with E-state index in [1.807, 2.05) is 0 Å². The lowest BCUT2D eigenvalue weighted by Crippen LogP contribution is -2.44. The molecule has 2 fully saturated rings. The van der Waals surface area contributed by atoms with Crippen molar-refractivity contribution in [2.75, 3.05) is 14.1 Å². The SMILES string of the molecule is C=CS(C=C)(N(C)C1CCCCC1)N(C)C1CCCCC1. The molecule has 0 spiro atoms. The molecule has 0 atom stereocenters. The van der Waals surface area contributed by atoms with Crippen LogP contribution in [0.3, 0.4) is 0 Å². The van der Waals surface area contributed by atoms with Gasteiger partial charge in [0.1, 0.15) is 0 Å². The van der Waals surface area contributed by atoms with Gasteiger partial charge >= 0.3 is 0 Å². The number of rotatable bonds is 6. The highest BCUT2D eigenvalue weighted by atomic mass is 32.3. The van der Waals surface area contributed by atoms with Crippen LogP contribution in [0.15, 0.2) is 24.0 Å². The van der Waals surface area contributed by atoms with Crippen LogP contribution in [0, 0.1) is 0 Å². The highest BCUT2D eigenvalue weighted by molar-refractivity contribution is 8.34. The van der Waals surface area contributed by atoms with Gasteiger partial charge < -0.3 is 0 Å². The molecule has 0 heterocycles. The average molecular weight is 311 g/mol. The summed E-state index contributed by atoms with van der Waals surface area (Å²) in [6, 6.07) is 1.41. The summed E-state index contributed by atoms with van der Waals surface area (Å²) >= 11 is 0. The Morgan fingerprint density at radius 1 is 0.714 bits per heavy atom. The molecule has 2 aliphatic rings. The van der Waals surface area contributed by atoms with E-state index < -0.39 is 10.4 Å². The van der Waals surface area contributed by atoms with Crippen molar-refractivity contribution in [2.45, 2.75) is 76.3 Å². The van der Waals surface area contributed by atoms with E-state index in [1.54, 1.807) is 0 Å². The van der Waals surface area contributed by atoms with Gasteiger partial charge in [-0.1, -0.05) is 62.1 Å². The van der Waals surface area contributed by atoms with E-state index in [-0.39, 0.29) is 0 Å². The van der Waals surface area contributed by atoms with Crippen molar-refractivity contribution in [3.8, 4) is 0 Å². The second kappa shape index (κ2) is 7.85. The molecule has 0 bridgehead atoms. The van der Waals surface area contributed by atoms with Gasteiger partial charge in [0, 0.05) is 12.1 Å². The molecular formula is C18H34N2S. The zero-order chi connectivity index (χ0) is 15.3. The van der Waals surface area contributed by atoms with Gasteiger partial charge in [-0.3, -0.25) is 0 Å². The lowest BCUT2D eigenvalue weighted by Gasteiger charge is -2.55. The van der Waals surface area contributed by atoms with Crippen LogP contribution < -0.4 is 0 Å². The largest absolute Gasteiger partial charge is 0.250 e. The molecule has 2 aliphatic carbocycles. The number of nitrogens with zero attached hydrogens (tertiary/aromatic N) is 2. The predicted molar refractivity (Wildman–Crippen MR) is 97.3 cm³/mol. The summed E-state index contributed by atoms with van der Waals surface area (Å²) in [6.07, 6.45) is 13.7. The van der Waals surface area contributed by atoms with E-state index in [0.29, 0.717) is 12.1 Å². The fourth-order valence-corrected chi connectivity index (χ4v) is 6.97. The Hall–Kier alpha value is -0.250. The van der Waals surface area contributed by atoms with Gasteiger partial charge in [0.05, 0.1) is 0 Å². The molecule has 0 aromatic heterocycles. The first-order valence-electron chi connectivity index (χ1n) is 8.70. The average Bonchev–Trinajstić information content (AvgIpc) is 2.57. The second-order valence-electron chi connectivity index (χ2n) is 6.65.